The zero-order chi connectivity index (χ0) is 19.2. The van der Waals surface area contributed by atoms with E-state index in [4.69, 9.17) is 0 Å². The first kappa shape index (κ1) is 19.4. The minimum atomic E-state index is -4.66. The molecule has 8 heteroatoms. The van der Waals surface area contributed by atoms with Gasteiger partial charge in [0, 0.05) is 17.6 Å². The molecular weight excluding hydrogens is 356 g/mol. The topological polar surface area (TPSA) is 34.4 Å². The fourth-order valence-electron chi connectivity index (χ4n) is 2.34. The summed E-state index contributed by atoms with van der Waals surface area (Å²) in [4.78, 5) is 17.4. The van der Waals surface area contributed by atoms with Crippen molar-refractivity contribution in [3.63, 3.8) is 0 Å². The lowest BCUT2D eigenvalue weighted by Gasteiger charge is -2.17. The first-order valence-electron chi connectivity index (χ1n) is 7.45. The molecule has 1 aromatic carbocycles. The third-order valence-electron chi connectivity index (χ3n) is 3.71. The summed E-state index contributed by atoms with van der Waals surface area (Å²) < 4.78 is 53.8. The summed E-state index contributed by atoms with van der Waals surface area (Å²) in [5, 5.41) is 0. The van der Waals surface area contributed by atoms with Gasteiger partial charge in [0.25, 0.3) is 5.91 Å². The smallest absolute Gasteiger partial charge is 0.324 e. The second-order valence-electron chi connectivity index (χ2n) is 6.72. The molecule has 1 amide bonds. The predicted octanol–water partition coefficient (Wildman–Crippen LogP) is 4.59. The molecule has 0 unspecified atom stereocenters. The summed E-state index contributed by atoms with van der Waals surface area (Å²) in [6, 6.07) is 1.72. The van der Waals surface area contributed by atoms with Crippen LogP contribution in [0.4, 0.5) is 17.6 Å². The van der Waals surface area contributed by atoms with Crippen molar-refractivity contribution in [3.05, 3.63) is 50.5 Å². The SMILES string of the molecule is Cc1c(C(C)(C)C)s/c(=N\C(=O)c2cc(C(F)(F)F)ccc2F)n1C. The number of benzene rings is 1. The molecule has 1 heterocycles. The maximum absolute atomic E-state index is 13.8. The lowest BCUT2D eigenvalue weighted by Crippen LogP contribution is -2.16. The molecule has 1 aromatic heterocycles. The van der Waals surface area contributed by atoms with E-state index in [2.05, 4.69) is 4.99 Å². The van der Waals surface area contributed by atoms with Gasteiger partial charge in [-0.3, -0.25) is 4.79 Å². The average molecular weight is 374 g/mol. The molecule has 0 aliphatic rings. The van der Waals surface area contributed by atoms with Crippen LogP contribution in [0, 0.1) is 12.7 Å². The molecule has 0 spiro atoms. The van der Waals surface area contributed by atoms with Crippen LogP contribution in [0.1, 0.15) is 47.3 Å². The summed E-state index contributed by atoms with van der Waals surface area (Å²) in [6.45, 7) is 7.88. The molecule has 25 heavy (non-hydrogen) atoms. The Labute approximate surface area is 146 Å². The van der Waals surface area contributed by atoms with E-state index >= 15 is 0 Å². The molecule has 0 saturated carbocycles. The Hall–Kier alpha value is -1.96. The number of nitrogens with zero attached hydrogens (tertiary/aromatic N) is 2. The van der Waals surface area contributed by atoms with Crippen molar-refractivity contribution in [2.24, 2.45) is 12.0 Å². The van der Waals surface area contributed by atoms with Crippen molar-refractivity contribution < 1.29 is 22.4 Å². The molecule has 3 nitrogen and oxygen atoms in total. The number of thiazole rings is 1. The van der Waals surface area contributed by atoms with Gasteiger partial charge in [-0.05, 0) is 30.5 Å². The van der Waals surface area contributed by atoms with E-state index in [1.54, 1.807) is 11.6 Å². The van der Waals surface area contributed by atoms with E-state index < -0.39 is 29.0 Å². The normalized spacial score (nSPS) is 13.4. The van der Waals surface area contributed by atoms with Crippen molar-refractivity contribution in [3.8, 4) is 0 Å². The molecule has 0 fully saturated rings. The molecule has 0 N–H and O–H groups in total. The van der Waals surface area contributed by atoms with Gasteiger partial charge < -0.3 is 4.57 Å². The molecule has 0 aliphatic heterocycles. The zero-order valence-electron chi connectivity index (χ0n) is 14.5. The van der Waals surface area contributed by atoms with Gasteiger partial charge in [-0.25, -0.2) is 4.39 Å². The molecule has 0 radical (unpaired) electrons. The predicted molar refractivity (Wildman–Crippen MR) is 88.0 cm³/mol. The highest BCUT2D eigenvalue weighted by molar-refractivity contribution is 7.09. The lowest BCUT2D eigenvalue weighted by atomic mass is 9.93. The Bertz CT molecular complexity index is 886. The molecule has 0 saturated heterocycles. The van der Waals surface area contributed by atoms with Gasteiger partial charge in [-0.15, -0.1) is 11.3 Å². The Balaban J connectivity index is 2.56. The highest BCUT2D eigenvalue weighted by Gasteiger charge is 2.32. The van der Waals surface area contributed by atoms with Crippen LogP contribution in [0.2, 0.25) is 0 Å². The Morgan fingerprint density at radius 1 is 1.20 bits per heavy atom. The summed E-state index contributed by atoms with van der Waals surface area (Å²) >= 11 is 1.26. The summed E-state index contributed by atoms with van der Waals surface area (Å²) in [5.74, 6) is -2.07. The van der Waals surface area contributed by atoms with Gasteiger partial charge in [0.1, 0.15) is 5.82 Å². The van der Waals surface area contributed by atoms with Gasteiger partial charge in [0.05, 0.1) is 11.1 Å². The number of hydrogen-bond acceptors (Lipinski definition) is 2. The van der Waals surface area contributed by atoms with Crippen molar-refractivity contribution in [2.75, 3.05) is 0 Å². The molecular formula is C17H18F4N2OS. The average Bonchev–Trinajstić information content (AvgIpc) is 2.74. The van der Waals surface area contributed by atoms with Crippen molar-refractivity contribution in [1.29, 1.82) is 0 Å². The van der Waals surface area contributed by atoms with Gasteiger partial charge in [-0.2, -0.15) is 18.2 Å². The van der Waals surface area contributed by atoms with Crippen LogP contribution < -0.4 is 4.80 Å². The highest BCUT2D eigenvalue weighted by Crippen LogP contribution is 2.31. The van der Waals surface area contributed by atoms with Gasteiger partial charge >= 0.3 is 6.18 Å². The van der Waals surface area contributed by atoms with Crippen LogP contribution in [0.3, 0.4) is 0 Å². The fourth-order valence-corrected chi connectivity index (χ4v) is 3.51. The van der Waals surface area contributed by atoms with E-state index in [0.717, 1.165) is 10.6 Å². The van der Waals surface area contributed by atoms with Gasteiger partial charge in [0.15, 0.2) is 4.80 Å². The Morgan fingerprint density at radius 2 is 1.80 bits per heavy atom. The third-order valence-corrected chi connectivity index (χ3v) is 5.37. The van der Waals surface area contributed by atoms with Crippen LogP contribution >= 0.6 is 11.3 Å². The van der Waals surface area contributed by atoms with E-state index in [1.807, 2.05) is 27.7 Å². The maximum atomic E-state index is 13.8. The number of rotatable bonds is 1. The monoisotopic (exact) mass is 374 g/mol. The highest BCUT2D eigenvalue weighted by atomic mass is 32.1. The first-order chi connectivity index (χ1) is 11.3. The quantitative estimate of drug-likeness (QED) is 0.672. The Morgan fingerprint density at radius 3 is 2.28 bits per heavy atom. The summed E-state index contributed by atoms with van der Waals surface area (Å²) in [5.41, 5.74) is -1.06. The van der Waals surface area contributed by atoms with E-state index in [0.29, 0.717) is 23.0 Å². The maximum Gasteiger partial charge on any atom is 0.416 e. The van der Waals surface area contributed by atoms with Gasteiger partial charge in [0.2, 0.25) is 0 Å². The minimum Gasteiger partial charge on any atom is -0.324 e. The molecule has 0 aliphatic carbocycles. The van der Waals surface area contributed by atoms with Crippen molar-refractivity contribution >= 4 is 17.2 Å². The van der Waals surface area contributed by atoms with Crippen LogP contribution in [0.5, 0.6) is 0 Å². The first-order valence-corrected chi connectivity index (χ1v) is 8.26. The molecule has 0 atom stereocenters. The summed E-state index contributed by atoms with van der Waals surface area (Å²) in [7, 11) is 1.70. The number of hydrogen-bond donors (Lipinski definition) is 0. The zero-order valence-corrected chi connectivity index (χ0v) is 15.3. The third kappa shape index (κ3) is 4.00. The molecule has 136 valence electrons. The van der Waals surface area contributed by atoms with Gasteiger partial charge in [-0.1, -0.05) is 20.8 Å². The number of amides is 1. The number of carbonyl (C=O) groups is 1. The fraction of sp³-hybridized carbons (Fsp3) is 0.412. The molecule has 2 aromatic rings. The number of aromatic nitrogens is 1. The molecule has 0 bridgehead atoms. The van der Waals surface area contributed by atoms with Crippen LogP contribution in [0.15, 0.2) is 23.2 Å². The van der Waals surface area contributed by atoms with E-state index in [9.17, 15) is 22.4 Å². The van der Waals surface area contributed by atoms with Crippen LogP contribution in [0.25, 0.3) is 0 Å². The largest absolute Gasteiger partial charge is 0.416 e. The molecule has 2 rings (SSSR count). The summed E-state index contributed by atoms with van der Waals surface area (Å²) in [6.07, 6.45) is -4.66. The second kappa shape index (κ2) is 6.40. The number of carbonyl (C=O) groups excluding carboxylic acids is 1. The lowest BCUT2D eigenvalue weighted by molar-refractivity contribution is -0.137. The van der Waals surface area contributed by atoms with Crippen LogP contribution in [-0.2, 0) is 18.6 Å². The standard InChI is InChI=1S/C17H18F4N2OS/c1-9-13(16(2,3)4)25-15(23(9)5)22-14(24)11-8-10(17(19,20)21)6-7-12(11)18/h6-8H,1-5H3/b22-15-. The second-order valence-corrected chi connectivity index (χ2v) is 7.70. The van der Waals surface area contributed by atoms with Crippen molar-refractivity contribution in [2.45, 2.75) is 39.3 Å². The number of alkyl halides is 3. The van der Waals surface area contributed by atoms with Crippen molar-refractivity contribution in [1.82, 2.24) is 4.57 Å². The Kier molecular flexibility index (Phi) is 4.96. The van der Waals surface area contributed by atoms with E-state index in [1.165, 1.54) is 11.3 Å². The van der Waals surface area contributed by atoms with Crippen LogP contribution in [-0.4, -0.2) is 10.5 Å². The minimum absolute atomic E-state index is 0.176. The van der Waals surface area contributed by atoms with E-state index in [-0.39, 0.29) is 5.41 Å². The number of halogens is 4.